The number of imidazole rings is 1. The maximum absolute atomic E-state index is 10.7. The Morgan fingerprint density at radius 2 is 1.38 bits per heavy atom. The molecular formula is C16H14F3N3O3S. The van der Waals surface area contributed by atoms with Crippen LogP contribution in [0.15, 0.2) is 67.3 Å². The number of halogens is 3. The fourth-order valence-electron chi connectivity index (χ4n) is 2.01. The van der Waals surface area contributed by atoms with E-state index < -0.39 is 15.6 Å². The van der Waals surface area contributed by atoms with Crippen molar-refractivity contribution in [3.8, 4) is 0 Å². The molecule has 3 N–H and O–H groups in total. The minimum atomic E-state index is -5.84. The van der Waals surface area contributed by atoms with E-state index in [1.165, 1.54) is 21.8 Å². The summed E-state index contributed by atoms with van der Waals surface area (Å²) in [4.78, 5) is 9.79. The first-order valence-corrected chi connectivity index (χ1v) is 8.56. The minimum absolute atomic E-state index is 1.21. The first-order valence-electron chi connectivity index (χ1n) is 7.12. The van der Waals surface area contributed by atoms with Gasteiger partial charge in [0.05, 0.1) is 6.33 Å². The summed E-state index contributed by atoms with van der Waals surface area (Å²) in [6.45, 7) is 0. The van der Waals surface area contributed by atoms with Crippen LogP contribution in [0.5, 0.6) is 0 Å². The van der Waals surface area contributed by atoms with Crippen molar-refractivity contribution in [1.29, 1.82) is 0 Å². The van der Waals surface area contributed by atoms with E-state index in [2.05, 4.69) is 63.5 Å². The molecule has 0 atom stereocenters. The topological polar surface area (TPSA) is 98.8 Å². The molecule has 4 aromatic rings. The molecule has 138 valence electrons. The number of fused-ring (bicyclic) bond motifs is 3. The van der Waals surface area contributed by atoms with Gasteiger partial charge in [-0.2, -0.15) is 21.6 Å². The van der Waals surface area contributed by atoms with Gasteiger partial charge in [0.1, 0.15) is 0 Å². The van der Waals surface area contributed by atoms with Gasteiger partial charge in [-0.1, -0.05) is 36.4 Å². The Morgan fingerprint density at radius 3 is 1.69 bits per heavy atom. The molecule has 0 aliphatic carbocycles. The first kappa shape index (κ1) is 19.5. The number of aromatic nitrogens is 3. The molecule has 4 rings (SSSR count). The number of hydrogen-bond acceptors (Lipinski definition) is 3. The molecule has 10 heteroatoms. The summed E-state index contributed by atoms with van der Waals surface area (Å²) in [5.41, 5.74) is -3.11. The van der Waals surface area contributed by atoms with Crippen molar-refractivity contribution in [3.63, 3.8) is 0 Å². The highest BCUT2D eigenvalue weighted by Gasteiger charge is 2.44. The Kier molecular flexibility index (Phi) is 6.01. The van der Waals surface area contributed by atoms with Gasteiger partial charge in [0, 0.05) is 34.2 Å². The third-order valence-corrected chi connectivity index (χ3v) is 3.70. The van der Waals surface area contributed by atoms with Crippen LogP contribution in [0.3, 0.4) is 0 Å². The number of alkyl halides is 3. The molecular weight excluding hydrogens is 371 g/mol. The molecule has 0 radical (unpaired) electrons. The first-order chi connectivity index (χ1) is 12.2. The summed E-state index contributed by atoms with van der Waals surface area (Å²) < 4.78 is 57.5. The lowest BCUT2D eigenvalue weighted by atomic mass is 10.2. The van der Waals surface area contributed by atoms with Crippen LogP contribution >= 0.6 is 0 Å². The summed E-state index contributed by atoms with van der Waals surface area (Å²) in [7, 11) is -5.84. The van der Waals surface area contributed by atoms with Gasteiger partial charge in [0.15, 0.2) is 0 Å². The lowest BCUT2D eigenvalue weighted by molar-refractivity contribution is -0.0510. The van der Waals surface area contributed by atoms with Gasteiger partial charge in [0.25, 0.3) is 0 Å². The smallest absolute Gasteiger partial charge is 0.355 e. The molecule has 2 heterocycles. The van der Waals surface area contributed by atoms with Crippen molar-refractivity contribution in [2.24, 2.45) is 0 Å². The molecule has 0 amide bonds. The van der Waals surface area contributed by atoms with Crippen LogP contribution in [0.2, 0.25) is 0 Å². The zero-order valence-electron chi connectivity index (χ0n) is 13.1. The highest BCUT2D eigenvalue weighted by molar-refractivity contribution is 7.86. The van der Waals surface area contributed by atoms with Crippen LogP contribution in [0.1, 0.15) is 0 Å². The van der Waals surface area contributed by atoms with Crippen LogP contribution < -0.4 is 0 Å². The second-order valence-corrected chi connectivity index (χ2v) is 6.31. The average Bonchev–Trinajstić information content (AvgIpc) is 3.25. The molecule has 0 bridgehead atoms. The highest BCUT2D eigenvalue weighted by Crippen LogP contribution is 2.24. The summed E-state index contributed by atoms with van der Waals surface area (Å²) in [6.07, 6.45) is 5.08. The van der Waals surface area contributed by atoms with E-state index in [1.54, 1.807) is 18.7 Å². The number of nitrogens with one attached hydrogen (secondary N) is 2. The van der Waals surface area contributed by atoms with Crippen LogP contribution in [-0.2, 0) is 10.1 Å². The van der Waals surface area contributed by atoms with E-state index in [0.29, 0.717) is 0 Å². The monoisotopic (exact) mass is 385 g/mol. The van der Waals surface area contributed by atoms with Gasteiger partial charge in [-0.05, 0) is 12.1 Å². The van der Waals surface area contributed by atoms with Crippen LogP contribution in [-0.4, -0.2) is 33.4 Å². The van der Waals surface area contributed by atoms with Gasteiger partial charge in [-0.25, -0.2) is 4.98 Å². The lowest BCUT2D eigenvalue weighted by Gasteiger charge is -1.97. The van der Waals surface area contributed by atoms with Gasteiger partial charge in [0.2, 0.25) is 0 Å². The third-order valence-electron chi connectivity index (χ3n) is 3.11. The van der Waals surface area contributed by atoms with E-state index >= 15 is 0 Å². The summed E-state index contributed by atoms with van der Waals surface area (Å²) in [5.74, 6) is 0. The standard InChI is InChI=1S/C12H9N.C3H4N2.CHF3O3S/c1-3-7-11-9(5-1)10-6-2-4-8-12(10)13-11;1-2-5-3-4-1;2-1(3,4)8(5,6)7/h1-8,13H;1-3H,(H,4,5);(H,5,6,7). The molecule has 0 aliphatic rings. The van der Waals surface area contributed by atoms with Crippen molar-refractivity contribution in [1.82, 2.24) is 15.0 Å². The van der Waals surface area contributed by atoms with Crippen LogP contribution in [0, 0.1) is 0 Å². The Bertz CT molecular complexity index is 991. The predicted molar refractivity (Wildman–Crippen MR) is 92.0 cm³/mol. The predicted octanol–water partition coefficient (Wildman–Crippen LogP) is 4.12. The highest BCUT2D eigenvalue weighted by atomic mass is 32.2. The second-order valence-electron chi connectivity index (χ2n) is 4.90. The SMILES string of the molecule is O=S(=O)(O)C(F)(F)F.c1c[nH]cn1.c1ccc2c(c1)[nH]c1ccccc12. The van der Waals surface area contributed by atoms with Crippen molar-refractivity contribution >= 4 is 31.9 Å². The number of nitrogens with zero attached hydrogens (tertiary/aromatic N) is 1. The van der Waals surface area contributed by atoms with Crippen LogP contribution in [0.25, 0.3) is 21.8 Å². The van der Waals surface area contributed by atoms with E-state index in [-0.39, 0.29) is 0 Å². The van der Waals surface area contributed by atoms with E-state index in [9.17, 15) is 13.2 Å². The molecule has 0 saturated heterocycles. The van der Waals surface area contributed by atoms with E-state index in [1.807, 2.05) is 0 Å². The van der Waals surface area contributed by atoms with Crippen LogP contribution in [0.4, 0.5) is 13.2 Å². The molecule has 0 spiro atoms. The summed E-state index contributed by atoms with van der Waals surface area (Å²) >= 11 is 0. The number of benzene rings is 2. The maximum atomic E-state index is 10.7. The Morgan fingerprint density at radius 1 is 0.923 bits per heavy atom. The minimum Gasteiger partial charge on any atom is -0.355 e. The molecule has 2 aromatic carbocycles. The van der Waals surface area contributed by atoms with Crippen molar-refractivity contribution < 1.29 is 26.1 Å². The number of para-hydroxylation sites is 2. The van der Waals surface area contributed by atoms with Crippen molar-refractivity contribution in [3.05, 3.63) is 67.3 Å². The number of hydrogen-bond donors (Lipinski definition) is 3. The normalized spacial score (nSPS) is 11.4. The molecule has 26 heavy (non-hydrogen) atoms. The largest absolute Gasteiger partial charge is 0.522 e. The number of H-pyrrole nitrogens is 2. The van der Waals surface area contributed by atoms with Gasteiger partial charge in [-0.15, -0.1) is 0 Å². The Labute approximate surface area is 146 Å². The summed E-state index contributed by atoms with van der Waals surface area (Å²) in [6, 6.07) is 16.8. The van der Waals surface area contributed by atoms with Gasteiger partial charge in [-0.3, -0.25) is 4.55 Å². The fraction of sp³-hybridized carbons (Fsp3) is 0.0625. The third kappa shape index (κ3) is 5.07. The van der Waals surface area contributed by atoms with Gasteiger partial charge < -0.3 is 9.97 Å². The molecule has 0 fully saturated rings. The zero-order valence-corrected chi connectivity index (χ0v) is 13.9. The molecule has 0 aliphatic heterocycles. The number of rotatable bonds is 0. The molecule has 0 saturated carbocycles. The van der Waals surface area contributed by atoms with E-state index in [0.717, 1.165) is 0 Å². The van der Waals surface area contributed by atoms with Crippen molar-refractivity contribution in [2.75, 3.05) is 0 Å². The van der Waals surface area contributed by atoms with Crippen molar-refractivity contribution in [2.45, 2.75) is 5.51 Å². The van der Waals surface area contributed by atoms with E-state index in [4.69, 9.17) is 13.0 Å². The maximum Gasteiger partial charge on any atom is 0.522 e. The molecule has 6 nitrogen and oxygen atoms in total. The van der Waals surface area contributed by atoms with Gasteiger partial charge >= 0.3 is 15.6 Å². The second kappa shape index (κ2) is 8.02. The number of aromatic amines is 2. The molecule has 2 aromatic heterocycles. The quantitative estimate of drug-likeness (QED) is 0.313. The summed E-state index contributed by atoms with van der Waals surface area (Å²) in [5, 5.41) is 2.61. The molecule has 0 unspecified atom stereocenters. The average molecular weight is 385 g/mol. The Hall–Kier alpha value is -2.85. The lowest BCUT2D eigenvalue weighted by Crippen LogP contribution is -2.21. The zero-order chi connectivity index (χ0) is 19.2. The Balaban J connectivity index is 0.000000160. The fourth-order valence-corrected chi connectivity index (χ4v) is 2.01.